The molecule has 0 saturated carbocycles. The third kappa shape index (κ3) is 4.02. The highest BCUT2D eigenvalue weighted by Gasteiger charge is 2.24. The Morgan fingerprint density at radius 3 is 2.61 bits per heavy atom. The van der Waals surface area contributed by atoms with Gasteiger partial charge in [0.2, 0.25) is 17.6 Å². The number of anilines is 1. The van der Waals surface area contributed by atoms with E-state index in [0.29, 0.717) is 24.8 Å². The molecule has 144 valence electrons. The highest BCUT2D eigenvalue weighted by Crippen LogP contribution is 2.25. The van der Waals surface area contributed by atoms with E-state index in [0.717, 1.165) is 29.4 Å². The van der Waals surface area contributed by atoms with Gasteiger partial charge >= 0.3 is 0 Å². The summed E-state index contributed by atoms with van der Waals surface area (Å²) in [5, 5.41) is 4.70. The molecule has 2 heterocycles. The molecule has 1 aliphatic rings. The molecule has 1 amide bonds. The van der Waals surface area contributed by atoms with Gasteiger partial charge in [0, 0.05) is 42.5 Å². The maximum absolute atomic E-state index is 12.6. The van der Waals surface area contributed by atoms with Gasteiger partial charge in [-0.3, -0.25) is 4.79 Å². The van der Waals surface area contributed by atoms with Gasteiger partial charge in [0.15, 0.2) is 0 Å². The smallest absolute Gasteiger partial charge is 0.236 e. The lowest BCUT2D eigenvalue weighted by atomic mass is 10.1. The third-order valence-corrected chi connectivity index (χ3v) is 5.18. The van der Waals surface area contributed by atoms with E-state index in [4.69, 9.17) is 16.1 Å². The maximum atomic E-state index is 12.6. The SMILES string of the molecule is Cc1ccc(Cl)cc1N1CCN(C(=O)Cc2nc(-c3ccccc3)no2)CC1. The van der Waals surface area contributed by atoms with E-state index < -0.39 is 0 Å². The Morgan fingerprint density at radius 2 is 1.86 bits per heavy atom. The van der Waals surface area contributed by atoms with Crippen LogP contribution in [0, 0.1) is 6.92 Å². The minimum Gasteiger partial charge on any atom is -0.368 e. The van der Waals surface area contributed by atoms with Gasteiger partial charge in [-0.15, -0.1) is 0 Å². The second-order valence-electron chi connectivity index (χ2n) is 6.85. The van der Waals surface area contributed by atoms with Gasteiger partial charge in [0.05, 0.1) is 0 Å². The molecule has 0 bridgehead atoms. The molecule has 6 nitrogen and oxygen atoms in total. The van der Waals surface area contributed by atoms with Crippen molar-refractivity contribution in [2.75, 3.05) is 31.1 Å². The minimum absolute atomic E-state index is 0.00530. The molecule has 2 aromatic carbocycles. The van der Waals surface area contributed by atoms with Crippen molar-refractivity contribution in [1.82, 2.24) is 15.0 Å². The zero-order chi connectivity index (χ0) is 19.5. The fourth-order valence-corrected chi connectivity index (χ4v) is 3.56. The highest BCUT2D eigenvalue weighted by molar-refractivity contribution is 6.30. The summed E-state index contributed by atoms with van der Waals surface area (Å²) in [6.07, 6.45) is 0.121. The summed E-state index contributed by atoms with van der Waals surface area (Å²) in [6, 6.07) is 15.5. The number of rotatable bonds is 4. The van der Waals surface area contributed by atoms with Crippen molar-refractivity contribution >= 4 is 23.2 Å². The molecule has 0 radical (unpaired) electrons. The lowest BCUT2D eigenvalue weighted by Crippen LogP contribution is -2.49. The molecule has 28 heavy (non-hydrogen) atoms. The Hall–Kier alpha value is -2.86. The predicted octanol–water partition coefficient (Wildman–Crippen LogP) is 3.59. The van der Waals surface area contributed by atoms with Gasteiger partial charge in [0.1, 0.15) is 6.42 Å². The van der Waals surface area contributed by atoms with Crippen molar-refractivity contribution in [1.29, 1.82) is 0 Å². The van der Waals surface area contributed by atoms with E-state index in [1.54, 1.807) is 0 Å². The summed E-state index contributed by atoms with van der Waals surface area (Å²) in [7, 11) is 0. The molecule has 0 N–H and O–H groups in total. The van der Waals surface area contributed by atoms with Gasteiger partial charge in [0.25, 0.3) is 0 Å². The van der Waals surface area contributed by atoms with E-state index in [2.05, 4.69) is 22.0 Å². The first-order chi connectivity index (χ1) is 13.6. The number of piperazine rings is 1. The molecule has 0 unspecified atom stereocenters. The van der Waals surface area contributed by atoms with Crippen LogP contribution in [0.25, 0.3) is 11.4 Å². The normalized spacial score (nSPS) is 14.4. The Morgan fingerprint density at radius 1 is 1.11 bits per heavy atom. The summed E-state index contributed by atoms with van der Waals surface area (Å²) in [6.45, 7) is 4.93. The van der Waals surface area contributed by atoms with Crippen LogP contribution in [0.5, 0.6) is 0 Å². The summed E-state index contributed by atoms with van der Waals surface area (Å²) >= 11 is 6.14. The van der Waals surface area contributed by atoms with Gasteiger partial charge in [-0.2, -0.15) is 4.98 Å². The molecule has 1 aromatic heterocycles. The molecule has 0 aliphatic carbocycles. The van der Waals surface area contributed by atoms with Crippen molar-refractivity contribution in [3.63, 3.8) is 0 Å². The van der Waals surface area contributed by atoms with Crippen LogP contribution in [0.3, 0.4) is 0 Å². The summed E-state index contributed by atoms with van der Waals surface area (Å²) in [5.41, 5.74) is 3.18. The summed E-state index contributed by atoms with van der Waals surface area (Å²) in [5.74, 6) is 0.854. The molecule has 0 spiro atoms. The Balaban J connectivity index is 1.36. The highest BCUT2D eigenvalue weighted by atomic mass is 35.5. The van der Waals surface area contributed by atoms with Crippen LogP contribution >= 0.6 is 11.6 Å². The molecule has 1 saturated heterocycles. The first-order valence-electron chi connectivity index (χ1n) is 9.27. The van der Waals surface area contributed by atoms with Gasteiger partial charge in [-0.25, -0.2) is 0 Å². The zero-order valence-corrected chi connectivity index (χ0v) is 16.4. The van der Waals surface area contributed by atoms with Crippen molar-refractivity contribution in [3.05, 3.63) is 65.0 Å². The largest absolute Gasteiger partial charge is 0.368 e. The van der Waals surface area contributed by atoms with Crippen LogP contribution in [0.1, 0.15) is 11.5 Å². The Bertz CT molecular complexity index is 966. The minimum atomic E-state index is 0.00530. The molecule has 3 aromatic rings. The second-order valence-corrected chi connectivity index (χ2v) is 7.29. The van der Waals surface area contributed by atoms with Gasteiger partial charge < -0.3 is 14.3 Å². The van der Waals surface area contributed by atoms with Gasteiger partial charge in [-0.1, -0.05) is 53.2 Å². The molecular formula is C21H21ClN4O2. The maximum Gasteiger partial charge on any atom is 0.236 e. The van der Waals surface area contributed by atoms with Crippen LogP contribution in [0.2, 0.25) is 5.02 Å². The monoisotopic (exact) mass is 396 g/mol. The number of carbonyl (C=O) groups excluding carboxylic acids is 1. The summed E-state index contributed by atoms with van der Waals surface area (Å²) in [4.78, 5) is 21.1. The van der Waals surface area contributed by atoms with Crippen molar-refractivity contribution in [2.24, 2.45) is 0 Å². The number of nitrogens with zero attached hydrogens (tertiary/aromatic N) is 4. The van der Waals surface area contributed by atoms with Crippen LogP contribution in [0.15, 0.2) is 53.1 Å². The molecular weight excluding hydrogens is 376 g/mol. The van der Waals surface area contributed by atoms with Crippen LogP contribution in [-0.2, 0) is 11.2 Å². The van der Waals surface area contributed by atoms with Crippen LogP contribution in [-0.4, -0.2) is 47.1 Å². The van der Waals surface area contributed by atoms with E-state index in [1.807, 2.05) is 53.4 Å². The standard InChI is InChI=1S/C21H21ClN4O2/c1-15-7-8-17(22)13-18(15)25-9-11-26(12-10-25)20(27)14-19-23-21(24-28-19)16-5-3-2-4-6-16/h2-8,13H,9-12,14H2,1H3. The lowest BCUT2D eigenvalue weighted by Gasteiger charge is -2.36. The van der Waals surface area contributed by atoms with Crippen molar-refractivity contribution in [2.45, 2.75) is 13.3 Å². The number of aryl methyl sites for hydroxylation is 1. The first kappa shape index (κ1) is 18.5. The van der Waals surface area contributed by atoms with E-state index >= 15 is 0 Å². The number of benzene rings is 2. The van der Waals surface area contributed by atoms with Crippen LogP contribution < -0.4 is 4.90 Å². The fourth-order valence-electron chi connectivity index (χ4n) is 3.39. The number of hydrogen-bond acceptors (Lipinski definition) is 5. The number of hydrogen-bond donors (Lipinski definition) is 0. The topological polar surface area (TPSA) is 62.5 Å². The summed E-state index contributed by atoms with van der Waals surface area (Å²) < 4.78 is 5.27. The van der Waals surface area contributed by atoms with Crippen LogP contribution in [0.4, 0.5) is 5.69 Å². The van der Waals surface area contributed by atoms with Gasteiger partial charge in [-0.05, 0) is 24.6 Å². The average molecular weight is 397 g/mol. The number of aromatic nitrogens is 2. The number of carbonyl (C=O) groups is 1. The Kier molecular flexibility index (Phi) is 5.30. The Labute approximate surface area is 168 Å². The average Bonchev–Trinajstić information content (AvgIpc) is 3.19. The van der Waals surface area contributed by atoms with E-state index in [1.165, 1.54) is 5.56 Å². The fraction of sp³-hybridized carbons (Fsp3) is 0.286. The first-order valence-corrected chi connectivity index (χ1v) is 9.65. The van der Waals surface area contributed by atoms with E-state index in [-0.39, 0.29) is 12.3 Å². The third-order valence-electron chi connectivity index (χ3n) is 4.95. The van der Waals surface area contributed by atoms with Crippen molar-refractivity contribution < 1.29 is 9.32 Å². The molecule has 1 aliphatic heterocycles. The molecule has 0 atom stereocenters. The van der Waals surface area contributed by atoms with Crippen molar-refractivity contribution in [3.8, 4) is 11.4 Å². The number of amides is 1. The molecule has 7 heteroatoms. The second kappa shape index (κ2) is 8.02. The molecule has 1 fully saturated rings. The lowest BCUT2D eigenvalue weighted by molar-refractivity contribution is -0.131. The van der Waals surface area contributed by atoms with E-state index in [9.17, 15) is 4.79 Å². The quantitative estimate of drug-likeness (QED) is 0.674. The number of halogens is 1. The predicted molar refractivity (Wildman–Crippen MR) is 108 cm³/mol. The zero-order valence-electron chi connectivity index (χ0n) is 15.6. The molecule has 4 rings (SSSR count).